The van der Waals surface area contributed by atoms with Gasteiger partial charge in [0.1, 0.15) is 17.8 Å². The van der Waals surface area contributed by atoms with Crippen molar-refractivity contribution < 1.29 is 23.8 Å². The fourth-order valence-electron chi connectivity index (χ4n) is 5.11. The van der Waals surface area contributed by atoms with Crippen molar-refractivity contribution in [3.05, 3.63) is 65.9 Å². The summed E-state index contributed by atoms with van der Waals surface area (Å²) in [5.41, 5.74) is 1.88. The van der Waals surface area contributed by atoms with Gasteiger partial charge in [0, 0.05) is 24.4 Å². The van der Waals surface area contributed by atoms with Crippen LogP contribution in [0.2, 0.25) is 0 Å². The number of morpholine rings is 1. The second-order valence-electron chi connectivity index (χ2n) is 10.3. The minimum absolute atomic E-state index is 0.214. The lowest BCUT2D eigenvalue weighted by Crippen LogP contribution is -2.61. The monoisotopic (exact) mass is 487 g/mol. The smallest absolute Gasteiger partial charge is 0.410 e. The van der Waals surface area contributed by atoms with Crippen molar-refractivity contribution in [1.29, 1.82) is 5.26 Å². The highest BCUT2D eigenvalue weighted by molar-refractivity contribution is 6.05. The van der Waals surface area contributed by atoms with Gasteiger partial charge in [0.2, 0.25) is 0 Å². The molecule has 0 spiro atoms. The summed E-state index contributed by atoms with van der Waals surface area (Å²) >= 11 is 0. The molecule has 3 aromatic rings. The van der Waals surface area contributed by atoms with Crippen LogP contribution in [-0.2, 0) is 14.2 Å². The maximum absolute atomic E-state index is 13.4. The Balaban J connectivity index is 1.39. The minimum atomic E-state index is -0.589. The van der Waals surface area contributed by atoms with Crippen LogP contribution in [0.3, 0.4) is 0 Å². The van der Waals surface area contributed by atoms with E-state index in [9.17, 15) is 14.9 Å². The van der Waals surface area contributed by atoms with Gasteiger partial charge in [-0.2, -0.15) is 5.26 Å². The normalized spacial score (nSPS) is 21.6. The molecule has 8 heteroatoms. The van der Waals surface area contributed by atoms with Crippen LogP contribution < -0.4 is 0 Å². The molecule has 2 atom stereocenters. The molecule has 3 heterocycles. The van der Waals surface area contributed by atoms with Gasteiger partial charge in [-0.15, -0.1) is 0 Å². The fourth-order valence-corrected chi connectivity index (χ4v) is 5.11. The molecule has 1 aromatic heterocycles. The molecular formula is C28H29N3O5. The number of carbonyl (C=O) groups excluding carboxylic acids is 2. The number of benzene rings is 2. The summed E-state index contributed by atoms with van der Waals surface area (Å²) in [4.78, 5) is 28.0. The standard InChI is InChI=1S/C28H29N3O5/c1-28(2,3)36-27(33)31-19-12-21(13-20(31)17-34-16-19)35-26(32)23-15-30(25-11-7-5-9-22(23)25)24-10-6-4-8-18(24)14-29/h4-11,15,19-21H,12-13,16-17H2,1-3H3. The molecule has 2 fully saturated rings. The molecular weight excluding hydrogens is 458 g/mol. The number of para-hydroxylation sites is 2. The summed E-state index contributed by atoms with van der Waals surface area (Å²) in [6, 6.07) is 16.6. The number of amides is 1. The average molecular weight is 488 g/mol. The van der Waals surface area contributed by atoms with E-state index < -0.39 is 11.6 Å². The number of hydrogen-bond donors (Lipinski definition) is 0. The van der Waals surface area contributed by atoms with Crippen molar-refractivity contribution in [3.63, 3.8) is 0 Å². The summed E-state index contributed by atoms with van der Waals surface area (Å²) in [7, 11) is 0. The van der Waals surface area contributed by atoms with Crippen molar-refractivity contribution in [2.24, 2.45) is 0 Å². The number of esters is 1. The molecule has 2 aliphatic rings. The van der Waals surface area contributed by atoms with E-state index in [1.165, 1.54) is 0 Å². The van der Waals surface area contributed by atoms with Crippen LogP contribution in [0.1, 0.15) is 49.5 Å². The summed E-state index contributed by atoms with van der Waals surface area (Å²) < 4.78 is 19.2. The zero-order valence-corrected chi connectivity index (χ0v) is 20.6. The van der Waals surface area contributed by atoms with Crippen LogP contribution in [0.25, 0.3) is 16.6 Å². The Morgan fingerprint density at radius 2 is 1.69 bits per heavy atom. The minimum Gasteiger partial charge on any atom is -0.459 e. The van der Waals surface area contributed by atoms with Crippen molar-refractivity contribution in [1.82, 2.24) is 9.47 Å². The van der Waals surface area contributed by atoms with Crippen LogP contribution in [-0.4, -0.2) is 58.5 Å². The van der Waals surface area contributed by atoms with Crippen molar-refractivity contribution in [2.75, 3.05) is 13.2 Å². The van der Waals surface area contributed by atoms with Gasteiger partial charge in [-0.05, 0) is 39.0 Å². The molecule has 2 bridgehead atoms. The Kier molecular flexibility index (Phi) is 6.19. The van der Waals surface area contributed by atoms with Crippen LogP contribution >= 0.6 is 0 Å². The number of hydrogen-bond acceptors (Lipinski definition) is 6. The van der Waals surface area contributed by atoms with Gasteiger partial charge >= 0.3 is 12.1 Å². The maximum Gasteiger partial charge on any atom is 0.410 e. The van der Waals surface area contributed by atoms with Gasteiger partial charge in [-0.1, -0.05) is 30.3 Å². The van der Waals surface area contributed by atoms with E-state index in [1.807, 2.05) is 67.8 Å². The van der Waals surface area contributed by atoms with Gasteiger partial charge in [-0.25, -0.2) is 9.59 Å². The van der Waals surface area contributed by atoms with Crippen LogP contribution in [0.5, 0.6) is 0 Å². The number of aromatic nitrogens is 1. The lowest BCUT2D eigenvalue weighted by molar-refractivity contribution is -0.106. The largest absolute Gasteiger partial charge is 0.459 e. The first-order chi connectivity index (χ1) is 17.2. The highest BCUT2D eigenvalue weighted by atomic mass is 16.6. The third kappa shape index (κ3) is 4.54. The second kappa shape index (κ2) is 9.32. The van der Waals surface area contributed by atoms with Crippen LogP contribution in [0.4, 0.5) is 4.79 Å². The van der Waals surface area contributed by atoms with E-state index >= 15 is 0 Å². The average Bonchev–Trinajstić information content (AvgIpc) is 3.22. The predicted octanol–water partition coefficient (Wildman–Crippen LogP) is 4.83. The highest BCUT2D eigenvalue weighted by Gasteiger charge is 2.44. The zero-order chi connectivity index (χ0) is 25.4. The molecule has 2 aromatic carbocycles. The van der Waals surface area contributed by atoms with Crippen LogP contribution in [0, 0.1) is 11.3 Å². The number of ether oxygens (including phenoxy) is 3. The number of carbonyl (C=O) groups is 2. The third-order valence-corrected chi connectivity index (χ3v) is 6.57. The molecule has 5 rings (SSSR count). The van der Waals surface area contributed by atoms with Crippen LogP contribution in [0.15, 0.2) is 54.7 Å². The quantitative estimate of drug-likeness (QED) is 0.492. The summed E-state index contributed by atoms with van der Waals surface area (Å²) in [6.07, 6.45) is 2.01. The Labute approximate surface area is 210 Å². The molecule has 0 aliphatic carbocycles. The van der Waals surface area contributed by atoms with Crippen molar-refractivity contribution >= 4 is 23.0 Å². The zero-order valence-electron chi connectivity index (χ0n) is 20.6. The van der Waals surface area contributed by atoms with E-state index in [0.29, 0.717) is 42.9 Å². The molecule has 2 saturated heterocycles. The Hall–Kier alpha value is -3.83. The fraction of sp³-hybridized carbons (Fsp3) is 0.393. The van der Waals surface area contributed by atoms with E-state index in [-0.39, 0.29) is 24.3 Å². The molecule has 186 valence electrons. The SMILES string of the molecule is CC(C)(C)OC(=O)N1C2COCC1CC(OC(=O)c1cn(-c3ccccc3C#N)c3ccccc13)C2. The third-order valence-electron chi connectivity index (χ3n) is 6.57. The Morgan fingerprint density at radius 1 is 1.03 bits per heavy atom. The molecule has 0 N–H and O–H groups in total. The number of piperidine rings is 1. The Bertz CT molecular complexity index is 1340. The second-order valence-corrected chi connectivity index (χ2v) is 10.3. The topological polar surface area (TPSA) is 93.8 Å². The summed E-state index contributed by atoms with van der Waals surface area (Å²) in [6.45, 7) is 6.30. The number of nitriles is 1. The van der Waals surface area contributed by atoms with E-state index in [4.69, 9.17) is 14.2 Å². The van der Waals surface area contributed by atoms with E-state index in [2.05, 4.69) is 6.07 Å². The maximum atomic E-state index is 13.4. The first-order valence-corrected chi connectivity index (χ1v) is 12.1. The molecule has 1 amide bonds. The van der Waals surface area contributed by atoms with E-state index in [0.717, 1.165) is 10.9 Å². The summed E-state index contributed by atoms with van der Waals surface area (Å²) in [5.74, 6) is -0.422. The van der Waals surface area contributed by atoms with E-state index in [1.54, 1.807) is 17.2 Å². The highest BCUT2D eigenvalue weighted by Crippen LogP contribution is 2.33. The lowest BCUT2D eigenvalue weighted by Gasteiger charge is -2.47. The van der Waals surface area contributed by atoms with Gasteiger partial charge in [0.15, 0.2) is 0 Å². The van der Waals surface area contributed by atoms with Gasteiger partial charge in [0.05, 0.1) is 47.6 Å². The van der Waals surface area contributed by atoms with Gasteiger partial charge in [0.25, 0.3) is 0 Å². The molecule has 0 saturated carbocycles. The molecule has 36 heavy (non-hydrogen) atoms. The first kappa shape index (κ1) is 23.9. The molecule has 0 radical (unpaired) electrons. The predicted molar refractivity (Wildman–Crippen MR) is 133 cm³/mol. The van der Waals surface area contributed by atoms with Gasteiger partial charge in [-0.3, -0.25) is 4.90 Å². The number of fused-ring (bicyclic) bond motifs is 3. The molecule has 8 nitrogen and oxygen atoms in total. The van der Waals surface area contributed by atoms with Crippen molar-refractivity contribution in [2.45, 2.75) is 57.4 Å². The van der Waals surface area contributed by atoms with Gasteiger partial charge < -0.3 is 18.8 Å². The Morgan fingerprint density at radius 3 is 2.39 bits per heavy atom. The first-order valence-electron chi connectivity index (χ1n) is 12.1. The molecule has 2 aliphatic heterocycles. The van der Waals surface area contributed by atoms with Crippen molar-refractivity contribution in [3.8, 4) is 11.8 Å². The number of rotatable bonds is 3. The molecule has 2 unspecified atom stereocenters. The number of nitrogens with zero attached hydrogens (tertiary/aromatic N) is 3. The lowest BCUT2D eigenvalue weighted by atomic mass is 9.92. The summed E-state index contributed by atoms with van der Waals surface area (Å²) in [5, 5.41) is 10.3.